The number of carbonyl (C=O) groups is 2. The van der Waals surface area contributed by atoms with Gasteiger partial charge < -0.3 is 20.4 Å². The molecule has 0 unspecified atom stereocenters. The van der Waals surface area contributed by atoms with Crippen LogP contribution in [0.5, 0.6) is 5.75 Å². The fourth-order valence-electron chi connectivity index (χ4n) is 3.06. The molecule has 3 aromatic carbocycles. The van der Waals surface area contributed by atoms with Gasteiger partial charge in [0.15, 0.2) is 0 Å². The van der Waals surface area contributed by atoms with Gasteiger partial charge in [0.05, 0.1) is 12.1 Å². The number of H-pyrrole nitrogens is 1. The second-order valence-electron chi connectivity index (χ2n) is 6.72. The number of hydrogen-bond acceptors (Lipinski definition) is 3. The number of rotatable bonds is 5. The summed E-state index contributed by atoms with van der Waals surface area (Å²) < 4.78 is 5.10. The SMILES string of the molecule is COc1ccc(NC(=O)c2ccc(NC(=O)c3[nH]c4ccc(Cl)cc4c3Cl)cc2)cc1. The molecule has 2 amide bonds. The van der Waals surface area contributed by atoms with E-state index in [0.717, 1.165) is 0 Å². The zero-order chi connectivity index (χ0) is 22.0. The van der Waals surface area contributed by atoms with Crippen LogP contribution in [0.2, 0.25) is 10.0 Å². The van der Waals surface area contributed by atoms with Crippen molar-refractivity contribution in [2.24, 2.45) is 0 Å². The van der Waals surface area contributed by atoms with Gasteiger partial charge in [-0.15, -0.1) is 0 Å². The van der Waals surface area contributed by atoms with Crippen LogP contribution in [0.15, 0.2) is 66.7 Å². The molecule has 3 N–H and O–H groups in total. The Hall–Kier alpha value is -3.48. The van der Waals surface area contributed by atoms with E-state index >= 15 is 0 Å². The van der Waals surface area contributed by atoms with Gasteiger partial charge in [0.25, 0.3) is 11.8 Å². The Kier molecular flexibility index (Phi) is 5.84. The highest BCUT2D eigenvalue weighted by Gasteiger charge is 2.17. The van der Waals surface area contributed by atoms with Gasteiger partial charge in [0, 0.05) is 32.9 Å². The van der Waals surface area contributed by atoms with Gasteiger partial charge in [-0.3, -0.25) is 9.59 Å². The summed E-state index contributed by atoms with van der Waals surface area (Å²) in [5.74, 6) is 0.0441. The molecule has 1 aromatic heterocycles. The Labute approximate surface area is 188 Å². The summed E-state index contributed by atoms with van der Waals surface area (Å²) in [6.45, 7) is 0. The van der Waals surface area contributed by atoms with Crippen molar-refractivity contribution >= 4 is 57.3 Å². The molecule has 0 spiro atoms. The topological polar surface area (TPSA) is 83.2 Å². The minimum Gasteiger partial charge on any atom is -0.497 e. The molecule has 0 aliphatic carbocycles. The number of hydrogen-bond donors (Lipinski definition) is 3. The van der Waals surface area contributed by atoms with Crippen molar-refractivity contribution in [2.45, 2.75) is 0 Å². The summed E-state index contributed by atoms with van der Waals surface area (Å²) in [4.78, 5) is 28.1. The number of anilines is 2. The third-order valence-corrected chi connectivity index (χ3v) is 5.30. The first-order valence-electron chi connectivity index (χ1n) is 9.28. The number of aromatic nitrogens is 1. The quantitative estimate of drug-likeness (QED) is 0.347. The number of ether oxygens (including phenoxy) is 1. The average Bonchev–Trinajstić information content (AvgIpc) is 3.10. The highest BCUT2D eigenvalue weighted by atomic mass is 35.5. The predicted molar refractivity (Wildman–Crippen MR) is 124 cm³/mol. The minimum absolute atomic E-state index is 0.236. The molecular formula is C23H17Cl2N3O3. The van der Waals surface area contributed by atoms with Crippen LogP contribution in [0, 0.1) is 0 Å². The first-order chi connectivity index (χ1) is 14.9. The average molecular weight is 454 g/mol. The molecular weight excluding hydrogens is 437 g/mol. The number of aromatic amines is 1. The summed E-state index contributed by atoms with van der Waals surface area (Å²) in [5, 5.41) is 7.08. The Bertz CT molecular complexity index is 1270. The van der Waals surface area contributed by atoms with Crippen LogP contribution in [0.1, 0.15) is 20.8 Å². The third kappa shape index (κ3) is 4.50. The minimum atomic E-state index is -0.396. The monoisotopic (exact) mass is 453 g/mol. The number of fused-ring (bicyclic) bond motifs is 1. The molecule has 0 aliphatic heterocycles. The Balaban J connectivity index is 1.45. The second-order valence-corrected chi connectivity index (χ2v) is 7.53. The van der Waals surface area contributed by atoms with Gasteiger partial charge in [-0.25, -0.2) is 0 Å². The van der Waals surface area contributed by atoms with E-state index < -0.39 is 5.91 Å². The van der Waals surface area contributed by atoms with Crippen molar-refractivity contribution in [3.63, 3.8) is 0 Å². The standard InChI is InChI=1S/C23H17Cl2N3O3/c1-31-17-9-7-16(8-10-17)26-22(29)13-2-5-15(6-3-13)27-23(30)21-20(25)18-12-14(24)4-11-19(18)28-21/h2-12,28H,1H3,(H,26,29)(H,27,30). The highest BCUT2D eigenvalue weighted by molar-refractivity contribution is 6.40. The van der Waals surface area contributed by atoms with Crippen molar-refractivity contribution < 1.29 is 14.3 Å². The normalized spacial score (nSPS) is 10.7. The summed E-state index contributed by atoms with van der Waals surface area (Å²) in [5.41, 5.74) is 2.58. The van der Waals surface area contributed by atoms with E-state index in [-0.39, 0.29) is 11.6 Å². The van der Waals surface area contributed by atoms with Gasteiger partial charge in [-0.1, -0.05) is 23.2 Å². The second kappa shape index (κ2) is 8.71. The van der Waals surface area contributed by atoms with Gasteiger partial charge in [0.2, 0.25) is 0 Å². The lowest BCUT2D eigenvalue weighted by atomic mass is 10.2. The van der Waals surface area contributed by atoms with E-state index in [1.807, 2.05) is 0 Å². The van der Waals surface area contributed by atoms with Crippen molar-refractivity contribution in [3.05, 3.63) is 88.0 Å². The molecule has 0 aliphatic rings. The Morgan fingerprint density at radius 2 is 1.45 bits per heavy atom. The molecule has 0 radical (unpaired) electrons. The number of halogens is 2. The molecule has 0 saturated heterocycles. The third-order valence-electron chi connectivity index (χ3n) is 4.68. The van der Waals surface area contributed by atoms with Crippen molar-refractivity contribution in [3.8, 4) is 5.75 Å². The Morgan fingerprint density at radius 3 is 2.10 bits per heavy atom. The van der Waals surface area contributed by atoms with Gasteiger partial charge in [-0.2, -0.15) is 0 Å². The smallest absolute Gasteiger partial charge is 0.273 e. The molecule has 0 bridgehead atoms. The lowest BCUT2D eigenvalue weighted by Crippen LogP contribution is -2.14. The zero-order valence-electron chi connectivity index (χ0n) is 16.3. The molecule has 4 rings (SSSR count). The zero-order valence-corrected chi connectivity index (χ0v) is 17.8. The molecule has 6 nitrogen and oxygen atoms in total. The van der Waals surface area contributed by atoms with Crippen molar-refractivity contribution in [1.82, 2.24) is 4.98 Å². The van der Waals surface area contributed by atoms with Crippen molar-refractivity contribution in [1.29, 1.82) is 0 Å². The molecule has 4 aromatic rings. The van der Waals surface area contributed by atoms with Crippen LogP contribution >= 0.6 is 23.2 Å². The summed E-state index contributed by atoms with van der Waals surface area (Å²) in [6.07, 6.45) is 0. The predicted octanol–water partition coefficient (Wildman–Crippen LogP) is 5.99. The summed E-state index contributed by atoms with van der Waals surface area (Å²) in [7, 11) is 1.58. The van der Waals surface area contributed by atoms with Gasteiger partial charge in [-0.05, 0) is 66.7 Å². The molecule has 0 atom stereocenters. The van der Waals surface area contributed by atoms with Crippen LogP contribution in [0.4, 0.5) is 11.4 Å². The molecule has 8 heteroatoms. The molecule has 0 saturated carbocycles. The summed E-state index contributed by atoms with van der Waals surface area (Å²) >= 11 is 12.3. The molecule has 156 valence electrons. The van der Waals surface area contributed by atoms with Crippen LogP contribution < -0.4 is 15.4 Å². The number of methoxy groups -OCH3 is 1. The van der Waals surface area contributed by atoms with E-state index in [1.54, 1.807) is 73.8 Å². The number of benzene rings is 3. The first-order valence-corrected chi connectivity index (χ1v) is 10.0. The molecule has 0 fully saturated rings. The maximum absolute atomic E-state index is 12.7. The number of carbonyl (C=O) groups excluding carboxylic acids is 2. The maximum atomic E-state index is 12.7. The van der Waals surface area contributed by atoms with E-state index in [2.05, 4.69) is 15.6 Å². The van der Waals surface area contributed by atoms with Crippen LogP contribution in [-0.2, 0) is 0 Å². The van der Waals surface area contributed by atoms with E-state index in [0.29, 0.717) is 43.6 Å². The van der Waals surface area contributed by atoms with Crippen LogP contribution in [0.25, 0.3) is 10.9 Å². The molecule has 1 heterocycles. The largest absolute Gasteiger partial charge is 0.497 e. The van der Waals surface area contributed by atoms with Crippen LogP contribution in [-0.4, -0.2) is 23.9 Å². The fraction of sp³-hybridized carbons (Fsp3) is 0.0435. The van der Waals surface area contributed by atoms with E-state index in [1.165, 1.54) is 0 Å². The fourth-order valence-corrected chi connectivity index (χ4v) is 3.53. The van der Waals surface area contributed by atoms with Crippen molar-refractivity contribution in [2.75, 3.05) is 17.7 Å². The number of amides is 2. The number of nitrogens with one attached hydrogen (secondary N) is 3. The van der Waals surface area contributed by atoms with E-state index in [9.17, 15) is 9.59 Å². The first kappa shape index (κ1) is 20.8. The van der Waals surface area contributed by atoms with Crippen LogP contribution in [0.3, 0.4) is 0 Å². The molecule has 31 heavy (non-hydrogen) atoms. The lowest BCUT2D eigenvalue weighted by molar-refractivity contribution is 0.101. The Morgan fingerprint density at radius 1 is 0.839 bits per heavy atom. The lowest BCUT2D eigenvalue weighted by Gasteiger charge is -2.08. The van der Waals surface area contributed by atoms with E-state index in [4.69, 9.17) is 27.9 Å². The highest BCUT2D eigenvalue weighted by Crippen LogP contribution is 2.30. The van der Waals surface area contributed by atoms with Gasteiger partial charge >= 0.3 is 0 Å². The summed E-state index contributed by atoms with van der Waals surface area (Å²) in [6, 6.07) is 18.7. The van der Waals surface area contributed by atoms with Gasteiger partial charge in [0.1, 0.15) is 11.4 Å². The maximum Gasteiger partial charge on any atom is 0.273 e.